The molecule has 1 atom stereocenters. The lowest BCUT2D eigenvalue weighted by Gasteiger charge is -2.39. The fourth-order valence-corrected chi connectivity index (χ4v) is 3.73. The van der Waals surface area contributed by atoms with Crippen LogP contribution in [-0.2, 0) is 5.54 Å². The van der Waals surface area contributed by atoms with Crippen molar-refractivity contribution in [1.82, 2.24) is 15.3 Å². The SMILES string of the molecule is CCC(=O)c1ccc(C(=O)N[C@]2(c3ccc(C)c(F)c3)CCOc3cccnc32)cn1. The average molecular weight is 419 g/mol. The van der Waals surface area contributed by atoms with Crippen molar-refractivity contribution in [1.29, 1.82) is 0 Å². The summed E-state index contributed by atoms with van der Waals surface area (Å²) in [7, 11) is 0. The van der Waals surface area contributed by atoms with Crippen LogP contribution in [0.3, 0.4) is 0 Å². The molecule has 1 aromatic carbocycles. The summed E-state index contributed by atoms with van der Waals surface area (Å²) in [6.07, 6.45) is 3.71. The first-order valence-corrected chi connectivity index (χ1v) is 10.1. The number of fused-ring (bicyclic) bond motifs is 1. The average Bonchev–Trinajstić information content (AvgIpc) is 2.80. The lowest BCUT2D eigenvalue weighted by Crippen LogP contribution is -2.50. The van der Waals surface area contributed by atoms with E-state index in [-0.39, 0.29) is 11.6 Å². The quantitative estimate of drug-likeness (QED) is 0.633. The van der Waals surface area contributed by atoms with Crippen LogP contribution in [-0.4, -0.2) is 28.3 Å². The Bertz CT molecular complexity index is 1150. The molecule has 6 nitrogen and oxygen atoms in total. The number of hydrogen-bond acceptors (Lipinski definition) is 5. The Morgan fingerprint density at radius 3 is 2.74 bits per heavy atom. The van der Waals surface area contributed by atoms with Crippen molar-refractivity contribution in [2.45, 2.75) is 32.2 Å². The van der Waals surface area contributed by atoms with Crippen LogP contribution in [0.5, 0.6) is 5.75 Å². The van der Waals surface area contributed by atoms with Gasteiger partial charge in [-0.25, -0.2) is 4.39 Å². The molecule has 0 spiro atoms. The maximum atomic E-state index is 14.5. The number of ether oxygens (including phenoxy) is 1. The van der Waals surface area contributed by atoms with E-state index in [1.54, 1.807) is 50.4 Å². The Morgan fingerprint density at radius 2 is 2.03 bits per heavy atom. The van der Waals surface area contributed by atoms with Crippen LogP contribution < -0.4 is 10.1 Å². The molecule has 0 radical (unpaired) electrons. The zero-order valence-electron chi connectivity index (χ0n) is 17.3. The molecule has 3 heterocycles. The van der Waals surface area contributed by atoms with E-state index in [0.29, 0.717) is 53.3 Å². The molecule has 1 N–H and O–H groups in total. The molecular formula is C24H22FN3O3. The van der Waals surface area contributed by atoms with Gasteiger partial charge in [0.25, 0.3) is 5.91 Å². The van der Waals surface area contributed by atoms with Crippen LogP contribution in [0.2, 0.25) is 0 Å². The second kappa shape index (κ2) is 8.26. The molecule has 0 aliphatic carbocycles. The third kappa shape index (κ3) is 3.79. The van der Waals surface area contributed by atoms with Gasteiger partial charge < -0.3 is 10.1 Å². The van der Waals surface area contributed by atoms with Crippen LogP contribution >= 0.6 is 0 Å². The largest absolute Gasteiger partial charge is 0.491 e. The van der Waals surface area contributed by atoms with Crippen LogP contribution in [0.4, 0.5) is 4.39 Å². The van der Waals surface area contributed by atoms with E-state index in [9.17, 15) is 14.0 Å². The molecular weight excluding hydrogens is 397 g/mol. The lowest BCUT2D eigenvalue weighted by atomic mass is 9.80. The molecule has 31 heavy (non-hydrogen) atoms. The summed E-state index contributed by atoms with van der Waals surface area (Å²) in [5.74, 6) is -0.320. The number of halogens is 1. The summed E-state index contributed by atoms with van der Waals surface area (Å²) >= 11 is 0. The fourth-order valence-electron chi connectivity index (χ4n) is 3.73. The molecule has 7 heteroatoms. The fraction of sp³-hybridized carbons (Fsp3) is 0.250. The summed E-state index contributed by atoms with van der Waals surface area (Å²) in [5, 5.41) is 3.06. The normalized spacial score (nSPS) is 17.4. The van der Waals surface area contributed by atoms with Crippen LogP contribution in [0.1, 0.15) is 57.4 Å². The van der Waals surface area contributed by atoms with Gasteiger partial charge in [0.15, 0.2) is 5.78 Å². The molecule has 0 fully saturated rings. The molecule has 0 bridgehead atoms. The molecule has 0 saturated heterocycles. The van der Waals surface area contributed by atoms with Gasteiger partial charge >= 0.3 is 0 Å². The molecule has 0 unspecified atom stereocenters. The van der Waals surface area contributed by atoms with E-state index in [2.05, 4.69) is 15.3 Å². The lowest BCUT2D eigenvalue weighted by molar-refractivity contribution is 0.0881. The van der Waals surface area contributed by atoms with Crippen molar-refractivity contribution < 1.29 is 18.7 Å². The zero-order valence-corrected chi connectivity index (χ0v) is 17.3. The van der Waals surface area contributed by atoms with Crippen molar-refractivity contribution >= 4 is 11.7 Å². The Morgan fingerprint density at radius 1 is 1.19 bits per heavy atom. The number of nitrogens with zero attached hydrogens (tertiary/aromatic N) is 2. The standard InChI is InChI=1S/C24H22FN3O3/c1-3-20(29)19-9-7-16(14-27-19)23(30)28-24(17-8-6-15(2)18(25)13-17)10-12-31-21-5-4-11-26-22(21)24/h4-9,11,13-14H,3,10,12H2,1-2H3,(H,28,30)/t24-/m0/s1. The predicted molar refractivity (Wildman–Crippen MR) is 113 cm³/mol. The number of aromatic nitrogens is 2. The van der Waals surface area contributed by atoms with E-state index in [4.69, 9.17) is 4.74 Å². The van der Waals surface area contributed by atoms with Gasteiger partial charge in [-0.15, -0.1) is 0 Å². The van der Waals surface area contributed by atoms with E-state index in [1.807, 2.05) is 0 Å². The highest BCUT2D eigenvalue weighted by Gasteiger charge is 2.42. The van der Waals surface area contributed by atoms with Crippen LogP contribution in [0.25, 0.3) is 0 Å². The van der Waals surface area contributed by atoms with Gasteiger partial charge in [0.1, 0.15) is 28.5 Å². The molecule has 2 aromatic heterocycles. The number of hydrogen-bond donors (Lipinski definition) is 1. The Kier molecular flexibility index (Phi) is 5.50. The number of Topliss-reactive ketones (excluding diaryl/α,β-unsaturated/α-hetero) is 1. The molecule has 0 saturated carbocycles. The molecule has 3 aromatic rings. The summed E-state index contributed by atoms with van der Waals surface area (Å²) in [5.41, 5.74) is 1.15. The second-order valence-electron chi connectivity index (χ2n) is 7.48. The number of ketones is 1. The summed E-state index contributed by atoms with van der Waals surface area (Å²) in [6, 6.07) is 11.5. The highest BCUT2D eigenvalue weighted by molar-refractivity contribution is 5.97. The Balaban J connectivity index is 1.77. The Labute approximate surface area is 179 Å². The van der Waals surface area contributed by atoms with E-state index in [0.717, 1.165) is 0 Å². The maximum absolute atomic E-state index is 14.5. The molecule has 1 aliphatic rings. The van der Waals surface area contributed by atoms with Gasteiger partial charge in [-0.2, -0.15) is 0 Å². The first kappa shape index (κ1) is 20.7. The third-order valence-electron chi connectivity index (χ3n) is 5.53. The molecule has 158 valence electrons. The first-order chi connectivity index (χ1) is 14.9. The zero-order chi connectivity index (χ0) is 22.0. The predicted octanol–water partition coefficient (Wildman–Crippen LogP) is 3.97. The first-order valence-electron chi connectivity index (χ1n) is 10.1. The Hall–Kier alpha value is -3.61. The summed E-state index contributed by atoms with van der Waals surface area (Å²) in [6.45, 7) is 3.77. The summed E-state index contributed by atoms with van der Waals surface area (Å²) < 4.78 is 20.2. The third-order valence-corrected chi connectivity index (χ3v) is 5.53. The number of nitrogens with one attached hydrogen (secondary N) is 1. The van der Waals surface area contributed by atoms with Crippen LogP contribution in [0.15, 0.2) is 54.9 Å². The monoisotopic (exact) mass is 419 g/mol. The highest BCUT2D eigenvalue weighted by Crippen LogP contribution is 2.41. The number of pyridine rings is 2. The number of rotatable bonds is 5. The second-order valence-corrected chi connectivity index (χ2v) is 7.48. The highest BCUT2D eigenvalue weighted by atomic mass is 19.1. The van der Waals surface area contributed by atoms with Gasteiger partial charge in [-0.05, 0) is 48.4 Å². The minimum Gasteiger partial charge on any atom is -0.491 e. The van der Waals surface area contributed by atoms with E-state index in [1.165, 1.54) is 18.3 Å². The molecule has 1 amide bonds. The minimum absolute atomic E-state index is 0.0962. The van der Waals surface area contributed by atoms with E-state index < -0.39 is 11.4 Å². The van der Waals surface area contributed by atoms with Gasteiger partial charge in [0.2, 0.25) is 0 Å². The van der Waals surface area contributed by atoms with Crippen molar-refractivity contribution in [2.24, 2.45) is 0 Å². The van der Waals surface area contributed by atoms with Crippen molar-refractivity contribution in [2.75, 3.05) is 6.61 Å². The van der Waals surface area contributed by atoms with E-state index >= 15 is 0 Å². The maximum Gasteiger partial charge on any atom is 0.253 e. The van der Waals surface area contributed by atoms with Crippen molar-refractivity contribution in [3.8, 4) is 5.75 Å². The van der Waals surface area contributed by atoms with Gasteiger partial charge in [0, 0.05) is 25.2 Å². The summed E-state index contributed by atoms with van der Waals surface area (Å²) in [4.78, 5) is 33.6. The number of carbonyl (C=O) groups is 2. The van der Waals surface area contributed by atoms with Crippen molar-refractivity contribution in [3.05, 3.63) is 88.8 Å². The van der Waals surface area contributed by atoms with Gasteiger partial charge in [-0.1, -0.05) is 19.1 Å². The molecule has 1 aliphatic heterocycles. The van der Waals surface area contributed by atoms with Crippen molar-refractivity contribution in [3.63, 3.8) is 0 Å². The number of amides is 1. The smallest absolute Gasteiger partial charge is 0.253 e. The number of benzene rings is 1. The van der Waals surface area contributed by atoms with Crippen LogP contribution in [0, 0.1) is 12.7 Å². The van der Waals surface area contributed by atoms with Gasteiger partial charge in [-0.3, -0.25) is 19.6 Å². The molecule has 4 rings (SSSR count). The number of aryl methyl sites for hydroxylation is 1. The minimum atomic E-state index is -1.07. The van der Waals surface area contributed by atoms with Gasteiger partial charge in [0.05, 0.1) is 12.2 Å². The topological polar surface area (TPSA) is 81.2 Å². The number of carbonyl (C=O) groups excluding carboxylic acids is 2.